The van der Waals surface area contributed by atoms with Crippen molar-refractivity contribution in [1.29, 1.82) is 0 Å². The van der Waals surface area contributed by atoms with E-state index < -0.39 is 10.0 Å². The Hall–Kier alpha value is -2.49. The first-order valence-corrected chi connectivity index (χ1v) is 12.0. The number of hydrazone groups is 1. The average molecular weight is 461 g/mol. The van der Waals surface area contributed by atoms with E-state index in [0.29, 0.717) is 34.7 Å². The second kappa shape index (κ2) is 10.2. The number of hydrogen-bond acceptors (Lipinski definition) is 5. The minimum atomic E-state index is -3.46. The predicted molar refractivity (Wildman–Crippen MR) is 128 cm³/mol. The zero-order valence-corrected chi connectivity index (χ0v) is 19.6. The lowest BCUT2D eigenvalue weighted by molar-refractivity contribution is 0.288. The van der Waals surface area contributed by atoms with Crippen LogP contribution < -0.4 is 15.5 Å². The van der Waals surface area contributed by atoms with E-state index in [0.717, 1.165) is 29.8 Å². The molecule has 0 atom stereocenters. The Labute approximate surface area is 189 Å². The van der Waals surface area contributed by atoms with Gasteiger partial charge in [0, 0.05) is 18.8 Å². The van der Waals surface area contributed by atoms with Crippen LogP contribution in [0.15, 0.2) is 58.5 Å². The summed E-state index contributed by atoms with van der Waals surface area (Å²) in [6.07, 6.45) is 1.80. The van der Waals surface area contributed by atoms with Crippen LogP contribution in [0.4, 0.5) is 5.69 Å². The molecule has 9 heteroatoms. The van der Waals surface area contributed by atoms with Crippen LogP contribution >= 0.6 is 12.2 Å². The van der Waals surface area contributed by atoms with Crippen molar-refractivity contribution in [2.45, 2.75) is 31.6 Å². The molecule has 2 aromatic carbocycles. The Morgan fingerprint density at radius 1 is 1.10 bits per heavy atom. The van der Waals surface area contributed by atoms with Crippen molar-refractivity contribution < 1.29 is 13.2 Å². The van der Waals surface area contributed by atoms with E-state index in [1.165, 1.54) is 0 Å². The lowest BCUT2D eigenvalue weighted by Crippen LogP contribution is -2.37. The van der Waals surface area contributed by atoms with E-state index in [-0.39, 0.29) is 0 Å². The van der Waals surface area contributed by atoms with Gasteiger partial charge in [0.05, 0.1) is 17.7 Å². The molecular formula is C22H28N4O3S2. The lowest BCUT2D eigenvalue weighted by atomic mass is 10.0. The molecule has 2 aromatic rings. The molecule has 0 saturated carbocycles. The summed E-state index contributed by atoms with van der Waals surface area (Å²) in [7, 11) is -1.84. The molecule has 2 N–H and O–H groups in total. The van der Waals surface area contributed by atoms with E-state index in [1.54, 1.807) is 35.7 Å². The number of methoxy groups -OCH3 is 1. The Kier molecular flexibility index (Phi) is 7.64. The highest BCUT2D eigenvalue weighted by atomic mass is 32.2. The van der Waals surface area contributed by atoms with Gasteiger partial charge >= 0.3 is 0 Å². The molecule has 0 aliphatic carbocycles. The van der Waals surface area contributed by atoms with Crippen molar-refractivity contribution in [3.63, 3.8) is 0 Å². The smallest absolute Gasteiger partial charge is 0.243 e. The molecule has 0 spiro atoms. The molecule has 1 heterocycles. The molecular weight excluding hydrogens is 432 g/mol. The summed E-state index contributed by atoms with van der Waals surface area (Å²) in [6.45, 7) is 5.15. The van der Waals surface area contributed by atoms with Gasteiger partial charge in [0.2, 0.25) is 10.0 Å². The zero-order chi connectivity index (χ0) is 22.4. The number of anilines is 1. The van der Waals surface area contributed by atoms with Gasteiger partial charge in [-0.05, 0) is 79.9 Å². The first-order chi connectivity index (χ1) is 14.8. The van der Waals surface area contributed by atoms with Crippen molar-refractivity contribution in [3.8, 4) is 5.75 Å². The maximum absolute atomic E-state index is 12.9. The van der Waals surface area contributed by atoms with Gasteiger partial charge in [-0.1, -0.05) is 19.1 Å². The summed E-state index contributed by atoms with van der Waals surface area (Å²) in [5, 5.41) is 7.68. The third kappa shape index (κ3) is 6.03. The van der Waals surface area contributed by atoms with E-state index in [4.69, 9.17) is 17.0 Å². The standard InChI is InChI=1S/C22H28N4O3S2/c1-16-12-14-26(15-13-16)31(27,28)21-10-4-18(5-11-21)17(2)24-25-22(30)23-19-6-8-20(29-3)9-7-19/h4-11,16H,12-15H2,1-3H3,(H2,23,25,30)/b24-17+. The highest BCUT2D eigenvalue weighted by Gasteiger charge is 2.27. The fourth-order valence-corrected chi connectivity index (χ4v) is 4.91. The molecule has 0 amide bonds. The van der Waals surface area contributed by atoms with E-state index in [1.807, 2.05) is 31.2 Å². The molecule has 0 radical (unpaired) electrons. The van der Waals surface area contributed by atoms with Crippen LogP contribution in [0.2, 0.25) is 0 Å². The number of piperidine rings is 1. The number of benzene rings is 2. The van der Waals surface area contributed by atoms with Gasteiger partial charge in [-0.15, -0.1) is 0 Å². The molecule has 1 saturated heterocycles. The summed E-state index contributed by atoms with van der Waals surface area (Å²) in [4.78, 5) is 0.309. The van der Waals surface area contributed by atoms with Crippen LogP contribution in [0.25, 0.3) is 0 Å². The van der Waals surface area contributed by atoms with Gasteiger partial charge in [-0.25, -0.2) is 8.42 Å². The van der Waals surface area contributed by atoms with Crippen LogP contribution in [0, 0.1) is 5.92 Å². The number of nitrogens with one attached hydrogen (secondary N) is 2. The largest absolute Gasteiger partial charge is 0.497 e. The second-order valence-electron chi connectivity index (χ2n) is 7.60. The minimum absolute atomic E-state index is 0.309. The van der Waals surface area contributed by atoms with E-state index in [2.05, 4.69) is 22.8 Å². The van der Waals surface area contributed by atoms with Crippen LogP contribution in [0.5, 0.6) is 5.75 Å². The SMILES string of the molecule is COc1ccc(NC(=S)N/N=C(\C)c2ccc(S(=O)(=O)N3CCC(C)CC3)cc2)cc1. The summed E-state index contributed by atoms with van der Waals surface area (Å²) in [6, 6.07) is 14.2. The first-order valence-electron chi connectivity index (χ1n) is 10.2. The monoisotopic (exact) mass is 460 g/mol. The second-order valence-corrected chi connectivity index (χ2v) is 9.95. The third-order valence-electron chi connectivity index (χ3n) is 5.33. The Morgan fingerprint density at radius 3 is 2.29 bits per heavy atom. The van der Waals surface area contributed by atoms with Crippen molar-refractivity contribution in [3.05, 3.63) is 54.1 Å². The number of rotatable bonds is 6. The van der Waals surface area contributed by atoms with Crippen molar-refractivity contribution in [2.24, 2.45) is 11.0 Å². The van der Waals surface area contributed by atoms with Crippen LogP contribution in [-0.2, 0) is 10.0 Å². The van der Waals surface area contributed by atoms with Gasteiger partial charge in [0.15, 0.2) is 5.11 Å². The summed E-state index contributed by atoms with van der Waals surface area (Å²) in [5.41, 5.74) is 5.12. The molecule has 0 unspecified atom stereocenters. The fraction of sp³-hybridized carbons (Fsp3) is 0.364. The summed E-state index contributed by atoms with van der Waals surface area (Å²) in [5.74, 6) is 1.34. The van der Waals surface area contributed by atoms with Gasteiger partial charge in [-0.2, -0.15) is 9.41 Å². The molecule has 1 aliphatic heterocycles. The Balaban J connectivity index is 1.60. The zero-order valence-electron chi connectivity index (χ0n) is 18.0. The van der Waals surface area contributed by atoms with Gasteiger partial charge in [0.25, 0.3) is 0 Å². The molecule has 1 aliphatic rings. The third-order valence-corrected chi connectivity index (χ3v) is 7.43. The minimum Gasteiger partial charge on any atom is -0.497 e. The topological polar surface area (TPSA) is 83.0 Å². The van der Waals surface area contributed by atoms with Gasteiger partial charge in [0.1, 0.15) is 5.75 Å². The summed E-state index contributed by atoms with van der Waals surface area (Å²) < 4.78 is 32.4. The van der Waals surface area contributed by atoms with E-state index >= 15 is 0 Å². The quantitative estimate of drug-likeness (QED) is 0.387. The molecule has 31 heavy (non-hydrogen) atoms. The number of hydrogen-bond donors (Lipinski definition) is 2. The highest BCUT2D eigenvalue weighted by Crippen LogP contribution is 2.23. The highest BCUT2D eigenvalue weighted by molar-refractivity contribution is 7.89. The Morgan fingerprint density at radius 2 is 1.71 bits per heavy atom. The van der Waals surface area contributed by atoms with Crippen LogP contribution in [0.3, 0.4) is 0 Å². The first kappa shape index (κ1) is 23.2. The number of sulfonamides is 1. The number of nitrogens with zero attached hydrogens (tertiary/aromatic N) is 2. The Bertz CT molecular complexity index is 1030. The summed E-state index contributed by atoms with van der Waals surface area (Å²) >= 11 is 5.27. The van der Waals surface area contributed by atoms with Crippen molar-refractivity contribution in [2.75, 3.05) is 25.5 Å². The molecule has 3 rings (SSSR count). The maximum Gasteiger partial charge on any atom is 0.243 e. The predicted octanol–water partition coefficient (Wildman–Crippen LogP) is 3.83. The maximum atomic E-state index is 12.9. The fourth-order valence-electron chi connectivity index (χ4n) is 3.28. The van der Waals surface area contributed by atoms with Crippen LogP contribution in [0.1, 0.15) is 32.3 Å². The van der Waals surface area contributed by atoms with Crippen molar-refractivity contribution in [1.82, 2.24) is 9.73 Å². The van der Waals surface area contributed by atoms with Crippen LogP contribution in [-0.4, -0.2) is 43.7 Å². The molecule has 7 nitrogen and oxygen atoms in total. The van der Waals surface area contributed by atoms with Gasteiger partial charge < -0.3 is 10.1 Å². The van der Waals surface area contributed by atoms with Gasteiger partial charge in [-0.3, -0.25) is 5.43 Å². The lowest BCUT2D eigenvalue weighted by Gasteiger charge is -2.29. The molecule has 0 aromatic heterocycles. The van der Waals surface area contributed by atoms with E-state index in [9.17, 15) is 8.42 Å². The molecule has 0 bridgehead atoms. The normalized spacial score (nSPS) is 16.0. The molecule has 1 fully saturated rings. The number of thiocarbonyl (C=S) groups is 1. The number of ether oxygens (including phenoxy) is 1. The van der Waals surface area contributed by atoms with Crippen molar-refractivity contribution >= 4 is 38.8 Å². The average Bonchev–Trinajstić information content (AvgIpc) is 2.78. The molecule has 166 valence electrons.